The Morgan fingerprint density at radius 3 is 0.788 bits per heavy atom. The van der Waals surface area contributed by atoms with Crippen molar-refractivity contribution in [3.63, 3.8) is 0 Å². The molecule has 0 unspecified atom stereocenters. The lowest BCUT2D eigenvalue weighted by molar-refractivity contribution is 0.973. The molecule has 0 fully saturated rings. The number of pyridine rings is 2. The van der Waals surface area contributed by atoms with Crippen LogP contribution < -0.4 is 0 Å². The van der Waals surface area contributed by atoms with Gasteiger partial charge in [-0.15, -0.1) is 0 Å². The Morgan fingerprint density at radius 1 is 0.308 bits per heavy atom. The summed E-state index contributed by atoms with van der Waals surface area (Å²) in [6.07, 6.45) is 11.4. The quantitative estimate of drug-likeness (QED) is 0.181. The van der Waals surface area contributed by atoms with E-state index in [2.05, 4.69) is 129 Å². The molecule has 7 rings (SSSR count). The highest BCUT2D eigenvalue weighted by molar-refractivity contribution is 5.77. The van der Waals surface area contributed by atoms with E-state index in [9.17, 15) is 0 Å². The fourth-order valence-electron chi connectivity index (χ4n) is 9.96. The Balaban J connectivity index is 1.60. The smallest absolute Gasteiger partial charge is 0.0273 e. The Hall–Kier alpha value is -4.82. The molecule has 2 aromatic heterocycles. The number of hydrogen-bond acceptors (Lipinski definition) is 2. The summed E-state index contributed by atoms with van der Waals surface area (Å²) in [4.78, 5) is 8.78. The van der Waals surface area contributed by atoms with E-state index >= 15 is 0 Å². The van der Waals surface area contributed by atoms with E-state index in [1.54, 1.807) is 0 Å². The third-order valence-electron chi connectivity index (χ3n) is 13.1. The number of rotatable bonds is 2. The maximum Gasteiger partial charge on any atom is 0.0273 e. The summed E-state index contributed by atoms with van der Waals surface area (Å²) in [5.41, 5.74) is 33.8. The second-order valence-electron chi connectivity index (χ2n) is 15.8. The van der Waals surface area contributed by atoms with Gasteiger partial charge >= 0.3 is 0 Å². The van der Waals surface area contributed by atoms with Crippen LogP contribution in [-0.2, 0) is 25.7 Å². The van der Waals surface area contributed by atoms with Gasteiger partial charge in [-0.1, -0.05) is 12.1 Å². The van der Waals surface area contributed by atoms with E-state index in [0.29, 0.717) is 0 Å². The zero-order chi connectivity index (χ0) is 37.2. The van der Waals surface area contributed by atoms with Crippen molar-refractivity contribution in [2.24, 2.45) is 0 Å². The molecule has 0 saturated heterocycles. The molecule has 8 bridgehead atoms. The number of nitrogens with zero attached hydrogens (tertiary/aromatic N) is 2. The van der Waals surface area contributed by atoms with Crippen molar-refractivity contribution in [3.05, 3.63) is 172 Å². The number of benzene rings is 4. The number of aromatic nitrogens is 2. The van der Waals surface area contributed by atoms with Gasteiger partial charge in [-0.2, -0.15) is 0 Å². The molecule has 52 heavy (non-hydrogen) atoms. The molecule has 0 saturated carbocycles. The Morgan fingerprint density at radius 2 is 0.538 bits per heavy atom. The van der Waals surface area contributed by atoms with Crippen molar-refractivity contribution in [1.82, 2.24) is 9.97 Å². The summed E-state index contributed by atoms with van der Waals surface area (Å²) in [5, 5.41) is 0. The minimum Gasteiger partial charge on any atom is -0.265 e. The molecule has 264 valence electrons. The second kappa shape index (κ2) is 13.6. The standard InChI is InChI=1S/C50H54N2/c1-27-21-28(2)42-24-46-34(8)48(38(12)50(36(46)10)40-15-19-52-20-16-40)26-44-30(4)22-29(3)43(32(44)6)25-47-33(7)45(23-41(27)31(42)5)35(9)49(37(47)11)39-13-17-51-18-14-39/h13-22H,23-26H2,1-12H3. The van der Waals surface area contributed by atoms with Gasteiger partial charge in [0.1, 0.15) is 0 Å². The molecule has 0 aliphatic heterocycles. The van der Waals surface area contributed by atoms with E-state index in [-0.39, 0.29) is 0 Å². The molecule has 0 N–H and O–H groups in total. The van der Waals surface area contributed by atoms with Gasteiger partial charge in [0, 0.05) is 24.8 Å². The molecule has 0 atom stereocenters. The minimum absolute atomic E-state index is 0.921. The van der Waals surface area contributed by atoms with Crippen LogP contribution in [0.4, 0.5) is 0 Å². The predicted molar refractivity (Wildman–Crippen MR) is 220 cm³/mol. The molecule has 6 aromatic rings. The van der Waals surface area contributed by atoms with Crippen molar-refractivity contribution in [3.8, 4) is 22.3 Å². The molecule has 0 amide bonds. The summed E-state index contributed by atoms with van der Waals surface area (Å²) in [5.74, 6) is 0. The first kappa shape index (κ1) is 35.6. The zero-order valence-electron chi connectivity index (χ0n) is 33.5. The largest absolute Gasteiger partial charge is 0.265 e. The van der Waals surface area contributed by atoms with Gasteiger partial charge in [0.2, 0.25) is 0 Å². The summed E-state index contributed by atoms with van der Waals surface area (Å²) in [6.45, 7) is 28.3. The normalized spacial score (nSPS) is 12.7. The SMILES string of the molecule is Cc1cc(C)c2c(C)c1Cc1c(C)c(c(C)c(-c3ccncc3)c1C)Cc1c(C)cc(C)c(c1C)Cc1c(C)c(c(C)c(-c3ccncc3)c1C)C2. The van der Waals surface area contributed by atoms with Crippen molar-refractivity contribution in [1.29, 1.82) is 0 Å². The summed E-state index contributed by atoms with van der Waals surface area (Å²) < 4.78 is 0. The van der Waals surface area contributed by atoms with Gasteiger partial charge in [-0.3, -0.25) is 9.97 Å². The monoisotopic (exact) mass is 682 g/mol. The highest BCUT2D eigenvalue weighted by Crippen LogP contribution is 2.42. The molecular formula is C50H54N2. The van der Waals surface area contributed by atoms with Gasteiger partial charge in [-0.25, -0.2) is 0 Å². The van der Waals surface area contributed by atoms with E-state index < -0.39 is 0 Å². The van der Waals surface area contributed by atoms with Crippen LogP contribution in [0.25, 0.3) is 22.3 Å². The van der Waals surface area contributed by atoms with Crippen molar-refractivity contribution < 1.29 is 0 Å². The van der Waals surface area contributed by atoms with Crippen LogP contribution >= 0.6 is 0 Å². The highest BCUT2D eigenvalue weighted by Gasteiger charge is 2.26. The third-order valence-corrected chi connectivity index (χ3v) is 13.1. The van der Waals surface area contributed by atoms with Crippen molar-refractivity contribution in [2.45, 2.75) is 109 Å². The lowest BCUT2D eigenvalue weighted by Crippen LogP contribution is -2.13. The van der Waals surface area contributed by atoms with E-state index in [1.807, 2.05) is 24.8 Å². The molecule has 2 nitrogen and oxygen atoms in total. The number of fused-ring (bicyclic) bond motifs is 8. The number of hydrogen-bond donors (Lipinski definition) is 0. The van der Waals surface area contributed by atoms with Gasteiger partial charge < -0.3 is 0 Å². The maximum absolute atomic E-state index is 4.39. The zero-order valence-corrected chi connectivity index (χ0v) is 33.5. The summed E-state index contributed by atoms with van der Waals surface area (Å²) in [7, 11) is 0. The first-order valence-electron chi connectivity index (χ1n) is 19.0. The summed E-state index contributed by atoms with van der Waals surface area (Å²) in [6, 6.07) is 13.7. The van der Waals surface area contributed by atoms with Gasteiger partial charge in [0.25, 0.3) is 0 Å². The molecule has 2 heteroatoms. The average molecular weight is 683 g/mol. The van der Waals surface area contributed by atoms with Crippen LogP contribution in [0, 0.1) is 83.1 Å². The fourth-order valence-corrected chi connectivity index (χ4v) is 9.96. The first-order valence-corrected chi connectivity index (χ1v) is 19.0. The van der Waals surface area contributed by atoms with E-state index in [0.717, 1.165) is 25.7 Å². The van der Waals surface area contributed by atoms with E-state index in [1.165, 1.54) is 134 Å². The predicted octanol–water partition coefficient (Wildman–Crippen LogP) is 12.2. The van der Waals surface area contributed by atoms with Crippen LogP contribution in [0.5, 0.6) is 0 Å². The lowest BCUT2D eigenvalue weighted by atomic mass is 9.76. The average Bonchev–Trinajstić information content (AvgIpc) is 3.10. The molecule has 4 aromatic carbocycles. The van der Waals surface area contributed by atoms with Gasteiger partial charge in [0.05, 0.1) is 0 Å². The van der Waals surface area contributed by atoms with Crippen LogP contribution in [0.15, 0.2) is 61.2 Å². The van der Waals surface area contributed by atoms with Crippen LogP contribution in [0.3, 0.4) is 0 Å². The minimum atomic E-state index is 0.921. The van der Waals surface area contributed by atoms with Crippen molar-refractivity contribution >= 4 is 0 Å². The topological polar surface area (TPSA) is 25.8 Å². The Kier molecular flexibility index (Phi) is 9.32. The van der Waals surface area contributed by atoms with Crippen LogP contribution in [-0.4, -0.2) is 9.97 Å². The first-order chi connectivity index (χ1) is 24.8. The van der Waals surface area contributed by atoms with Gasteiger partial charge in [-0.05, 0) is 267 Å². The fraction of sp³-hybridized carbons (Fsp3) is 0.320. The van der Waals surface area contributed by atoms with Crippen molar-refractivity contribution in [2.75, 3.05) is 0 Å². The maximum atomic E-state index is 4.39. The molecule has 0 spiro atoms. The summed E-state index contributed by atoms with van der Waals surface area (Å²) >= 11 is 0. The number of aryl methyl sites for hydroxylation is 4. The van der Waals surface area contributed by atoms with Gasteiger partial charge in [0.15, 0.2) is 0 Å². The molecule has 0 radical (unpaired) electrons. The molecule has 1 aliphatic carbocycles. The molecule has 1 aliphatic rings. The van der Waals surface area contributed by atoms with E-state index in [4.69, 9.17) is 0 Å². The second-order valence-corrected chi connectivity index (χ2v) is 15.8. The highest BCUT2D eigenvalue weighted by atomic mass is 14.6. The van der Waals surface area contributed by atoms with Crippen LogP contribution in [0.1, 0.15) is 111 Å². The molecular weight excluding hydrogens is 629 g/mol. The Bertz CT molecular complexity index is 2110. The third kappa shape index (κ3) is 5.81. The molecule has 2 heterocycles. The lowest BCUT2D eigenvalue weighted by Gasteiger charge is -2.28. The Labute approximate surface area is 312 Å². The van der Waals surface area contributed by atoms with Crippen LogP contribution in [0.2, 0.25) is 0 Å².